The average Bonchev–Trinajstić information content (AvgIpc) is 2.05. The highest BCUT2D eigenvalue weighted by atomic mass is 35.5. The summed E-state index contributed by atoms with van der Waals surface area (Å²) < 4.78 is 25.9. The van der Waals surface area contributed by atoms with Gasteiger partial charge < -0.3 is 5.32 Å². The number of piperazine rings is 1. The second-order valence-corrected chi connectivity index (χ2v) is 3.60. The SMILES string of the molecule is Cl.FC1(F)CCC1N1CCNCC1. The van der Waals surface area contributed by atoms with E-state index in [9.17, 15) is 8.78 Å². The number of hydrogen-bond donors (Lipinski definition) is 1. The zero-order valence-electron chi connectivity index (χ0n) is 7.43. The standard InChI is InChI=1S/C8H14F2N2.ClH/c9-8(10)2-1-7(8)12-5-3-11-4-6-12;/h7,11H,1-6H2;1H. The highest BCUT2D eigenvalue weighted by molar-refractivity contribution is 5.85. The van der Waals surface area contributed by atoms with Gasteiger partial charge in [0.05, 0.1) is 6.04 Å². The van der Waals surface area contributed by atoms with Gasteiger partial charge in [0.1, 0.15) is 0 Å². The molecule has 1 saturated heterocycles. The van der Waals surface area contributed by atoms with Gasteiger partial charge in [-0.25, -0.2) is 8.78 Å². The summed E-state index contributed by atoms with van der Waals surface area (Å²) in [5, 5.41) is 3.16. The van der Waals surface area contributed by atoms with E-state index >= 15 is 0 Å². The van der Waals surface area contributed by atoms with Crippen molar-refractivity contribution < 1.29 is 8.78 Å². The Morgan fingerprint density at radius 2 is 1.85 bits per heavy atom. The number of hydrogen-bond acceptors (Lipinski definition) is 2. The molecule has 0 amide bonds. The summed E-state index contributed by atoms with van der Waals surface area (Å²) in [7, 11) is 0. The average molecular weight is 213 g/mol. The highest BCUT2D eigenvalue weighted by Gasteiger charge is 2.51. The molecule has 0 bridgehead atoms. The molecule has 2 nitrogen and oxygen atoms in total. The van der Waals surface area contributed by atoms with Crippen molar-refractivity contribution in [2.75, 3.05) is 26.2 Å². The van der Waals surface area contributed by atoms with E-state index in [4.69, 9.17) is 0 Å². The lowest BCUT2D eigenvalue weighted by Gasteiger charge is -2.45. The lowest BCUT2D eigenvalue weighted by Crippen LogP contribution is -2.59. The lowest BCUT2D eigenvalue weighted by molar-refractivity contribution is -0.151. The molecular weight excluding hydrogens is 198 g/mol. The van der Waals surface area contributed by atoms with E-state index in [2.05, 4.69) is 5.32 Å². The van der Waals surface area contributed by atoms with Crippen LogP contribution in [0.4, 0.5) is 8.78 Å². The molecule has 1 atom stereocenters. The number of alkyl halides is 2. The Labute approximate surface area is 83.1 Å². The van der Waals surface area contributed by atoms with Crippen LogP contribution < -0.4 is 5.32 Å². The molecule has 13 heavy (non-hydrogen) atoms. The molecule has 2 fully saturated rings. The van der Waals surface area contributed by atoms with Gasteiger partial charge in [-0.05, 0) is 6.42 Å². The second kappa shape index (κ2) is 4.07. The van der Waals surface area contributed by atoms with Crippen LogP contribution in [0.2, 0.25) is 0 Å². The maximum absolute atomic E-state index is 12.9. The third kappa shape index (κ3) is 2.11. The van der Waals surface area contributed by atoms with Gasteiger partial charge in [0.2, 0.25) is 0 Å². The Morgan fingerprint density at radius 1 is 1.23 bits per heavy atom. The second-order valence-electron chi connectivity index (χ2n) is 3.60. The number of nitrogens with zero attached hydrogens (tertiary/aromatic N) is 1. The minimum atomic E-state index is -2.41. The summed E-state index contributed by atoms with van der Waals surface area (Å²) in [6.07, 6.45) is 0.759. The molecule has 1 aliphatic heterocycles. The molecule has 1 saturated carbocycles. The van der Waals surface area contributed by atoms with Crippen molar-refractivity contribution in [3.63, 3.8) is 0 Å². The van der Waals surface area contributed by atoms with Crippen molar-refractivity contribution in [3.8, 4) is 0 Å². The van der Waals surface area contributed by atoms with E-state index in [0.717, 1.165) is 26.2 Å². The topological polar surface area (TPSA) is 15.3 Å². The number of halogens is 3. The van der Waals surface area contributed by atoms with Crippen molar-refractivity contribution in [3.05, 3.63) is 0 Å². The summed E-state index contributed by atoms with van der Waals surface area (Å²) >= 11 is 0. The van der Waals surface area contributed by atoms with E-state index < -0.39 is 12.0 Å². The van der Waals surface area contributed by atoms with Crippen LogP contribution in [0.3, 0.4) is 0 Å². The third-order valence-corrected chi connectivity index (χ3v) is 2.83. The first-order valence-corrected chi connectivity index (χ1v) is 4.53. The first-order chi connectivity index (χ1) is 5.70. The van der Waals surface area contributed by atoms with Crippen LogP contribution in [0.15, 0.2) is 0 Å². The van der Waals surface area contributed by atoms with Crippen molar-refractivity contribution in [2.45, 2.75) is 24.8 Å². The van der Waals surface area contributed by atoms with Crippen molar-refractivity contribution in [1.29, 1.82) is 0 Å². The Balaban J connectivity index is 0.000000845. The van der Waals surface area contributed by atoms with Crippen molar-refractivity contribution in [1.82, 2.24) is 10.2 Å². The summed E-state index contributed by atoms with van der Waals surface area (Å²) in [6, 6.07) is -0.459. The molecular formula is C8H15ClF2N2. The third-order valence-electron chi connectivity index (χ3n) is 2.83. The van der Waals surface area contributed by atoms with Crippen LogP contribution in [0, 0.1) is 0 Å². The minimum absolute atomic E-state index is 0. The lowest BCUT2D eigenvalue weighted by atomic mass is 9.86. The molecule has 1 N–H and O–H groups in total. The van der Waals surface area contributed by atoms with Gasteiger partial charge in [0.15, 0.2) is 0 Å². The van der Waals surface area contributed by atoms with Gasteiger partial charge in [-0.3, -0.25) is 4.90 Å². The summed E-state index contributed by atoms with van der Waals surface area (Å²) in [5.74, 6) is -2.41. The smallest absolute Gasteiger partial charge is 0.263 e. The van der Waals surface area contributed by atoms with Gasteiger partial charge in [0, 0.05) is 32.6 Å². The van der Waals surface area contributed by atoms with E-state index in [0.29, 0.717) is 6.42 Å². The van der Waals surface area contributed by atoms with Crippen LogP contribution >= 0.6 is 12.4 Å². The van der Waals surface area contributed by atoms with Crippen LogP contribution in [-0.2, 0) is 0 Å². The monoisotopic (exact) mass is 212 g/mol. The summed E-state index contributed by atoms with van der Waals surface area (Å²) in [6.45, 7) is 3.26. The molecule has 2 aliphatic rings. The molecule has 0 aromatic rings. The molecule has 0 spiro atoms. The maximum Gasteiger partial charge on any atom is 0.263 e. The Kier molecular flexibility index (Phi) is 3.49. The number of rotatable bonds is 1. The molecule has 1 unspecified atom stereocenters. The van der Waals surface area contributed by atoms with Crippen LogP contribution in [0.25, 0.3) is 0 Å². The predicted octanol–water partition coefficient (Wildman–Crippen LogP) is 1.11. The zero-order valence-corrected chi connectivity index (χ0v) is 8.25. The molecule has 0 aromatic heterocycles. The summed E-state index contributed by atoms with van der Waals surface area (Å²) in [5.41, 5.74) is 0. The Hall–Kier alpha value is 0.0700. The van der Waals surface area contributed by atoms with Gasteiger partial charge in [-0.2, -0.15) is 0 Å². The largest absolute Gasteiger partial charge is 0.314 e. The minimum Gasteiger partial charge on any atom is -0.314 e. The van der Waals surface area contributed by atoms with E-state index in [1.807, 2.05) is 4.90 Å². The number of nitrogens with one attached hydrogen (secondary N) is 1. The fourth-order valence-corrected chi connectivity index (χ4v) is 1.94. The predicted molar refractivity (Wildman–Crippen MR) is 49.7 cm³/mol. The molecule has 0 aromatic carbocycles. The molecule has 0 radical (unpaired) electrons. The molecule has 78 valence electrons. The van der Waals surface area contributed by atoms with Gasteiger partial charge >= 0.3 is 0 Å². The van der Waals surface area contributed by atoms with E-state index in [1.165, 1.54) is 0 Å². The molecule has 2 rings (SSSR count). The first kappa shape index (κ1) is 11.1. The summed E-state index contributed by atoms with van der Waals surface area (Å²) in [4.78, 5) is 1.92. The van der Waals surface area contributed by atoms with Crippen LogP contribution in [-0.4, -0.2) is 43.0 Å². The molecule has 1 aliphatic carbocycles. The van der Waals surface area contributed by atoms with Crippen LogP contribution in [0.5, 0.6) is 0 Å². The van der Waals surface area contributed by atoms with Gasteiger partial charge in [0.25, 0.3) is 5.92 Å². The normalized spacial score (nSPS) is 33.2. The van der Waals surface area contributed by atoms with Gasteiger partial charge in [-0.15, -0.1) is 12.4 Å². The van der Waals surface area contributed by atoms with Crippen LogP contribution in [0.1, 0.15) is 12.8 Å². The Bertz CT molecular complexity index is 172. The zero-order chi connectivity index (χ0) is 8.60. The van der Waals surface area contributed by atoms with Crippen molar-refractivity contribution in [2.24, 2.45) is 0 Å². The van der Waals surface area contributed by atoms with E-state index in [-0.39, 0.29) is 18.8 Å². The molecule has 1 heterocycles. The fraction of sp³-hybridized carbons (Fsp3) is 1.00. The van der Waals surface area contributed by atoms with Gasteiger partial charge in [-0.1, -0.05) is 0 Å². The molecule has 5 heteroatoms. The quantitative estimate of drug-likeness (QED) is 0.701. The highest BCUT2D eigenvalue weighted by Crippen LogP contribution is 2.40. The Morgan fingerprint density at radius 3 is 2.23 bits per heavy atom. The maximum atomic E-state index is 12.9. The van der Waals surface area contributed by atoms with E-state index in [1.54, 1.807) is 0 Å². The first-order valence-electron chi connectivity index (χ1n) is 4.53. The fourth-order valence-electron chi connectivity index (χ4n) is 1.94. The van der Waals surface area contributed by atoms with Crippen molar-refractivity contribution >= 4 is 12.4 Å².